The number of piperazine rings is 1. The van der Waals surface area contributed by atoms with Gasteiger partial charge in [-0.05, 0) is 48.4 Å². The first-order chi connectivity index (χ1) is 14.8. The van der Waals surface area contributed by atoms with E-state index in [0.29, 0.717) is 6.04 Å². The van der Waals surface area contributed by atoms with E-state index in [4.69, 9.17) is 0 Å². The Morgan fingerprint density at radius 3 is 2.50 bits per heavy atom. The van der Waals surface area contributed by atoms with E-state index in [9.17, 15) is 0 Å². The first kappa shape index (κ1) is 22.0. The number of hydrogen-bond donors (Lipinski definition) is 0. The molecule has 3 heterocycles. The first-order valence-electron chi connectivity index (χ1n) is 12.1. The van der Waals surface area contributed by atoms with Gasteiger partial charge in [-0.1, -0.05) is 56.5 Å². The van der Waals surface area contributed by atoms with Gasteiger partial charge >= 0.3 is 0 Å². The zero-order valence-electron chi connectivity index (χ0n) is 18.8. The molecule has 4 rings (SSSR count). The lowest BCUT2D eigenvalue weighted by Crippen LogP contribution is -2.52. The van der Waals surface area contributed by atoms with E-state index in [2.05, 4.69) is 63.4 Å². The highest BCUT2D eigenvalue weighted by atomic mass is 32.1. The zero-order valence-corrected chi connectivity index (χ0v) is 19.6. The number of thiophene rings is 1. The molecule has 0 amide bonds. The summed E-state index contributed by atoms with van der Waals surface area (Å²) in [6.07, 6.45) is 7.89. The van der Waals surface area contributed by atoms with Crippen molar-refractivity contribution in [2.24, 2.45) is 0 Å². The summed E-state index contributed by atoms with van der Waals surface area (Å²) < 4.78 is 0. The van der Waals surface area contributed by atoms with Gasteiger partial charge in [0.1, 0.15) is 0 Å². The summed E-state index contributed by atoms with van der Waals surface area (Å²) in [7, 11) is 0. The van der Waals surface area contributed by atoms with Crippen molar-refractivity contribution >= 4 is 11.3 Å². The van der Waals surface area contributed by atoms with Gasteiger partial charge < -0.3 is 4.90 Å². The summed E-state index contributed by atoms with van der Waals surface area (Å²) in [5.74, 6) is 0. The van der Waals surface area contributed by atoms with Crippen molar-refractivity contribution in [3.05, 3.63) is 57.8 Å². The molecule has 1 fully saturated rings. The van der Waals surface area contributed by atoms with Crippen molar-refractivity contribution in [3.8, 4) is 0 Å². The van der Waals surface area contributed by atoms with Gasteiger partial charge in [0.15, 0.2) is 0 Å². The second-order valence-corrected chi connectivity index (χ2v) is 10.1. The second-order valence-electron chi connectivity index (χ2n) is 9.14. The Kier molecular flexibility index (Phi) is 8.38. The number of benzene rings is 1. The molecule has 0 aliphatic carbocycles. The first-order valence-corrected chi connectivity index (χ1v) is 13.0. The average Bonchev–Trinajstić information content (AvgIpc) is 3.26. The van der Waals surface area contributed by atoms with Crippen molar-refractivity contribution in [2.75, 3.05) is 45.8 Å². The molecule has 1 saturated heterocycles. The van der Waals surface area contributed by atoms with Crippen LogP contribution in [0.25, 0.3) is 0 Å². The number of fused-ring (bicyclic) bond motifs is 1. The molecular weight excluding hydrogens is 386 g/mol. The molecule has 4 heteroatoms. The number of unbranched alkanes of at least 4 members (excludes halogenated alkanes) is 3. The second kappa shape index (κ2) is 11.4. The average molecular weight is 426 g/mol. The predicted octanol–water partition coefficient (Wildman–Crippen LogP) is 4.92. The van der Waals surface area contributed by atoms with E-state index in [0.717, 1.165) is 13.0 Å². The van der Waals surface area contributed by atoms with Gasteiger partial charge in [-0.3, -0.25) is 9.80 Å². The zero-order chi connectivity index (χ0) is 20.6. The highest BCUT2D eigenvalue weighted by molar-refractivity contribution is 7.10. The van der Waals surface area contributed by atoms with Crippen LogP contribution in [0.2, 0.25) is 0 Å². The molecular formula is C26H39N3S. The SMILES string of the molecule is CCCCCCN1CCN(C[C@@H](Cc2ccccc2)N2CCc3sccc3C2)CC1. The fourth-order valence-electron chi connectivity index (χ4n) is 5.03. The van der Waals surface area contributed by atoms with Crippen LogP contribution in [0.15, 0.2) is 41.8 Å². The van der Waals surface area contributed by atoms with Crippen LogP contribution in [0.5, 0.6) is 0 Å². The highest BCUT2D eigenvalue weighted by Crippen LogP contribution is 2.26. The van der Waals surface area contributed by atoms with Crippen LogP contribution in [0, 0.1) is 0 Å². The van der Waals surface area contributed by atoms with Crippen LogP contribution in [0.1, 0.15) is 48.6 Å². The molecule has 1 aromatic heterocycles. The number of nitrogens with zero attached hydrogens (tertiary/aromatic N) is 3. The summed E-state index contributed by atoms with van der Waals surface area (Å²) in [5.41, 5.74) is 3.05. The van der Waals surface area contributed by atoms with E-state index in [-0.39, 0.29) is 0 Å². The molecule has 2 aliphatic heterocycles. The van der Waals surface area contributed by atoms with Gasteiger partial charge in [0, 0.05) is 56.7 Å². The van der Waals surface area contributed by atoms with Crippen LogP contribution in [0.4, 0.5) is 0 Å². The highest BCUT2D eigenvalue weighted by Gasteiger charge is 2.27. The molecule has 0 saturated carbocycles. The molecule has 0 spiro atoms. The maximum atomic E-state index is 2.76. The van der Waals surface area contributed by atoms with Crippen molar-refractivity contribution in [1.82, 2.24) is 14.7 Å². The van der Waals surface area contributed by atoms with Gasteiger partial charge in [0.25, 0.3) is 0 Å². The van der Waals surface area contributed by atoms with E-state index in [1.165, 1.54) is 83.5 Å². The fraction of sp³-hybridized carbons (Fsp3) is 0.615. The van der Waals surface area contributed by atoms with Gasteiger partial charge in [-0.15, -0.1) is 11.3 Å². The lowest BCUT2D eigenvalue weighted by Gasteiger charge is -2.41. The molecule has 3 nitrogen and oxygen atoms in total. The van der Waals surface area contributed by atoms with Crippen LogP contribution in [-0.4, -0.2) is 66.6 Å². The molecule has 0 unspecified atom stereocenters. The summed E-state index contributed by atoms with van der Waals surface area (Å²) >= 11 is 1.95. The van der Waals surface area contributed by atoms with Gasteiger partial charge in [0.2, 0.25) is 0 Å². The molecule has 0 radical (unpaired) electrons. The molecule has 0 bridgehead atoms. The Hall–Kier alpha value is -1.20. The number of rotatable bonds is 10. The Labute approximate surface area is 187 Å². The smallest absolute Gasteiger partial charge is 0.0267 e. The minimum absolute atomic E-state index is 0.608. The molecule has 30 heavy (non-hydrogen) atoms. The Bertz CT molecular complexity index is 736. The Balaban J connectivity index is 1.33. The van der Waals surface area contributed by atoms with Crippen molar-refractivity contribution < 1.29 is 0 Å². The monoisotopic (exact) mass is 425 g/mol. The topological polar surface area (TPSA) is 9.72 Å². The maximum Gasteiger partial charge on any atom is 0.0267 e. The standard InChI is InChI=1S/C26H39N3S/c1-2-3-4-8-13-27-15-17-28(18-16-27)22-25(20-23-9-6-5-7-10-23)29-14-11-26-24(21-29)12-19-30-26/h5-7,9-10,12,19,25H,2-4,8,11,13-18,20-22H2,1H3/t25-/m1/s1. The van der Waals surface area contributed by atoms with Crippen LogP contribution >= 0.6 is 11.3 Å². The summed E-state index contributed by atoms with van der Waals surface area (Å²) in [4.78, 5) is 9.80. The Morgan fingerprint density at radius 1 is 0.900 bits per heavy atom. The normalized spacial score (nSPS) is 19.6. The van der Waals surface area contributed by atoms with Gasteiger partial charge in [0.05, 0.1) is 0 Å². The molecule has 0 N–H and O–H groups in total. The molecule has 2 aromatic rings. The summed E-state index contributed by atoms with van der Waals surface area (Å²) in [6.45, 7) is 12.1. The molecule has 1 atom stereocenters. The third kappa shape index (κ3) is 6.16. The van der Waals surface area contributed by atoms with Crippen LogP contribution in [-0.2, 0) is 19.4 Å². The lowest BCUT2D eigenvalue weighted by molar-refractivity contribution is 0.0832. The van der Waals surface area contributed by atoms with Crippen molar-refractivity contribution in [3.63, 3.8) is 0 Å². The van der Waals surface area contributed by atoms with Gasteiger partial charge in [-0.25, -0.2) is 0 Å². The summed E-state index contributed by atoms with van der Waals surface area (Å²) in [5, 5.41) is 2.28. The van der Waals surface area contributed by atoms with Crippen LogP contribution in [0.3, 0.4) is 0 Å². The minimum Gasteiger partial charge on any atom is -0.301 e. The van der Waals surface area contributed by atoms with Crippen molar-refractivity contribution in [2.45, 2.75) is 58.0 Å². The van der Waals surface area contributed by atoms with Crippen molar-refractivity contribution in [1.29, 1.82) is 0 Å². The van der Waals surface area contributed by atoms with E-state index < -0.39 is 0 Å². The molecule has 2 aliphatic rings. The maximum absolute atomic E-state index is 2.76. The third-order valence-electron chi connectivity index (χ3n) is 6.93. The number of hydrogen-bond acceptors (Lipinski definition) is 4. The quantitative estimate of drug-likeness (QED) is 0.501. The molecule has 164 valence electrons. The lowest BCUT2D eigenvalue weighted by atomic mass is 10.0. The summed E-state index contributed by atoms with van der Waals surface area (Å²) in [6, 6.07) is 14.1. The van der Waals surface area contributed by atoms with E-state index in [1.54, 1.807) is 10.4 Å². The van der Waals surface area contributed by atoms with E-state index in [1.807, 2.05) is 11.3 Å². The molecule has 1 aromatic carbocycles. The van der Waals surface area contributed by atoms with Gasteiger partial charge in [-0.2, -0.15) is 0 Å². The largest absolute Gasteiger partial charge is 0.301 e. The fourth-order valence-corrected chi connectivity index (χ4v) is 5.92. The van der Waals surface area contributed by atoms with Crippen LogP contribution < -0.4 is 0 Å². The third-order valence-corrected chi connectivity index (χ3v) is 7.95. The Morgan fingerprint density at radius 2 is 1.70 bits per heavy atom. The van der Waals surface area contributed by atoms with E-state index >= 15 is 0 Å². The minimum atomic E-state index is 0.608. The predicted molar refractivity (Wildman–Crippen MR) is 129 cm³/mol.